The van der Waals surface area contributed by atoms with E-state index >= 15 is 0 Å². The summed E-state index contributed by atoms with van der Waals surface area (Å²) in [7, 11) is 1.47. The molecule has 3 rings (SSSR count). The van der Waals surface area contributed by atoms with Gasteiger partial charge in [0.05, 0.1) is 23.4 Å². The first-order valence-electron chi connectivity index (χ1n) is 10.5. The molecule has 0 radical (unpaired) electrons. The normalized spacial score (nSPS) is 10.7. The van der Waals surface area contributed by atoms with Crippen LogP contribution in [0.15, 0.2) is 64.2 Å². The number of para-hydroxylation sites is 1. The van der Waals surface area contributed by atoms with Gasteiger partial charge in [-0.05, 0) is 77.7 Å². The van der Waals surface area contributed by atoms with Gasteiger partial charge < -0.3 is 14.2 Å². The van der Waals surface area contributed by atoms with E-state index in [2.05, 4.69) is 26.5 Å². The first kappa shape index (κ1) is 25.0. The van der Waals surface area contributed by atoms with Gasteiger partial charge in [-0.3, -0.25) is 4.79 Å². The highest BCUT2D eigenvalue weighted by Crippen LogP contribution is 2.37. The van der Waals surface area contributed by atoms with Crippen LogP contribution in [0, 0.1) is 20.8 Å². The highest BCUT2D eigenvalue weighted by molar-refractivity contribution is 9.10. The number of nitrogens with one attached hydrogen (secondary N) is 1. The van der Waals surface area contributed by atoms with E-state index in [9.17, 15) is 9.59 Å². The van der Waals surface area contributed by atoms with E-state index in [0.29, 0.717) is 27.1 Å². The average Bonchev–Trinajstić information content (AvgIpc) is 2.80. The van der Waals surface area contributed by atoms with Crippen molar-refractivity contribution in [2.24, 2.45) is 5.10 Å². The molecule has 176 valence electrons. The summed E-state index contributed by atoms with van der Waals surface area (Å²) in [6.07, 6.45) is 1.45. The minimum Gasteiger partial charge on any atom is -0.493 e. The summed E-state index contributed by atoms with van der Waals surface area (Å²) < 4.78 is 17.0. The number of hydrogen-bond acceptors (Lipinski definition) is 6. The van der Waals surface area contributed by atoms with Crippen LogP contribution in [0.2, 0.25) is 0 Å². The van der Waals surface area contributed by atoms with E-state index in [1.807, 2.05) is 51.1 Å². The van der Waals surface area contributed by atoms with E-state index in [1.54, 1.807) is 24.3 Å². The second-order valence-corrected chi connectivity index (χ2v) is 8.45. The van der Waals surface area contributed by atoms with Crippen molar-refractivity contribution in [1.82, 2.24) is 5.43 Å². The maximum Gasteiger partial charge on any atom is 0.343 e. The van der Waals surface area contributed by atoms with Crippen molar-refractivity contribution in [1.29, 1.82) is 0 Å². The number of nitrogens with zero attached hydrogens (tertiary/aromatic N) is 1. The highest BCUT2D eigenvalue weighted by atomic mass is 79.9. The summed E-state index contributed by atoms with van der Waals surface area (Å²) in [5.41, 5.74) is 6.44. The molecule has 0 spiro atoms. The van der Waals surface area contributed by atoms with Crippen LogP contribution in [0.25, 0.3) is 0 Å². The Morgan fingerprint density at radius 3 is 2.32 bits per heavy atom. The number of hydrogen-bond donors (Lipinski definition) is 1. The third-order valence-electron chi connectivity index (χ3n) is 4.89. The number of aryl methyl sites for hydroxylation is 3. The summed E-state index contributed by atoms with van der Waals surface area (Å²) in [5.74, 6) is 0.369. The Kier molecular flexibility index (Phi) is 8.43. The molecular formula is C26H25BrN2O5. The maximum absolute atomic E-state index is 12.5. The van der Waals surface area contributed by atoms with Crippen LogP contribution < -0.4 is 19.6 Å². The van der Waals surface area contributed by atoms with Crippen molar-refractivity contribution in [2.45, 2.75) is 20.8 Å². The second-order valence-electron chi connectivity index (χ2n) is 7.59. The maximum atomic E-state index is 12.5. The molecular weight excluding hydrogens is 500 g/mol. The number of benzene rings is 3. The van der Waals surface area contributed by atoms with Crippen LogP contribution in [-0.2, 0) is 4.79 Å². The number of carbonyl (C=O) groups is 2. The summed E-state index contributed by atoms with van der Waals surface area (Å²) >= 11 is 3.41. The predicted molar refractivity (Wildman–Crippen MR) is 134 cm³/mol. The van der Waals surface area contributed by atoms with E-state index in [0.717, 1.165) is 16.7 Å². The largest absolute Gasteiger partial charge is 0.493 e. The Morgan fingerprint density at radius 1 is 1.00 bits per heavy atom. The summed E-state index contributed by atoms with van der Waals surface area (Å²) in [6.45, 7) is 5.62. The van der Waals surface area contributed by atoms with Crippen LogP contribution >= 0.6 is 15.9 Å². The smallest absolute Gasteiger partial charge is 0.343 e. The molecule has 8 heteroatoms. The average molecular weight is 525 g/mol. The molecule has 0 saturated carbocycles. The molecule has 0 unspecified atom stereocenters. The number of methoxy groups -OCH3 is 1. The third kappa shape index (κ3) is 6.45. The molecule has 0 bridgehead atoms. The molecule has 0 heterocycles. The number of rotatable bonds is 8. The first-order valence-corrected chi connectivity index (χ1v) is 11.2. The molecule has 1 amide bonds. The van der Waals surface area contributed by atoms with Crippen LogP contribution in [-0.4, -0.2) is 31.8 Å². The fourth-order valence-corrected chi connectivity index (χ4v) is 3.67. The topological polar surface area (TPSA) is 86.2 Å². The van der Waals surface area contributed by atoms with Gasteiger partial charge in [-0.2, -0.15) is 5.10 Å². The number of amides is 1. The quantitative estimate of drug-likeness (QED) is 0.191. The SMILES string of the molecule is COc1cc(C=NNC(=O)COc2c(C)cccc2C)cc(Br)c1OC(=O)c1ccc(C)cc1. The molecule has 0 fully saturated rings. The first-order chi connectivity index (χ1) is 16.3. The molecule has 0 aromatic heterocycles. The second kappa shape index (κ2) is 11.5. The van der Waals surface area contributed by atoms with Gasteiger partial charge in [0.1, 0.15) is 5.75 Å². The molecule has 34 heavy (non-hydrogen) atoms. The third-order valence-corrected chi connectivity index (χ3v) is 5.48. The van der Waals surface area contributed by atoms with Gasteiger partial charge >= 0.3 is 5.97 Å². The lowest BCUT2D eigenvalue weighted by Crippen LogP contribution is -2.25. The Balaban J connectivity index is 1.63. The fourth-order valence-electron chi connectivity index (χ4n) is 3.13. The number of halogens is 1. The molecule has 7 nitrogen and oxygen atoms in total. The van der Waals surface area contributed by atoms with Crippen molar-refractivity contribution >= 4 is 34.0 Å². The number of ether oxygens (including phenoxy) is 3. The number of hydrazone groups is 1. The van der Waals surface area contributed by atoms with Crippen molar-refractivity contribution in [3.8, 4) is 17.2 Å². The lowest BCUT2D eigenvalue weighted by Gasteiger charge is -2.12. The van der Waals surface area contributed by atoms with Gasteiger partial charge in [0.15, 0.2) is 18.1 Å². The molecule has 0 aliphatic carbocycles. The van der Waals surface area contributed by atoms with Crippen LogP contribution in [0.4, 0.5) is 0 Å². The van der Waals surface area contributed by atoms with Gasteiger partial charge in [-0.15, -0.1) is 0 Å². The lowest BCUT2D eigenvalue weighted by atomic mass is 10.1. The highest BCUT2D eigenvalue weighted by Gasteiger charge is 2.17. The zero-order valence-corrected chi connectivity index (χ0v) is 20.9. The zero-order chi connectivity index (χ0) is 24.7. The lowest BCUT2D eigenvalue weighted by molar-refractivity contribution is -0.123. The van der Waals surface area contributed by atoms with Gasteiger partial charge in [-0.25, -0.2) is 10.2 Å². The van der Waals surface area contributed by atoms with E-state index in [1.165, 1.54) is 13.3 Å². The van der Waals surface area contributed by atoms with Gasteiger partial charge in [-0.1, -0.05) is 35.9 Å². The van der Waals surface area contributed by atoms with Crippen LogP contribution in [0.1, 0.15) is 32.6 Å². The fraction of sp³-hybridized carbons (Fsp3) is 0.192. The number of carbonyl (C=O) groups excluding carboxylic acids is 2. The molecule has 3 aromatic carbocycles. The standard InChI is InChI=1S/C26H25BrN2O5/c1-16-8-10-20(11-9-16)26(31)34-25-21(27)12-19(13-22(25)32-4)14-28-29-23(30)15-33-24-17(2)6-5-7-18(24)3/h5-14H,15H2,1-4H3,(H,29,30). The molecule has 0 atom stereocenters. The van der Waals surface area contributed by atoms with E-state index < -0.39 is 11.9 Å². The Morgan fingerprint density at radius 2 is 1.68 bits per heavy atom. The van der Waals surface area contributed by atoms with Gasteiger partial charge in [0.2, 0.25) is 0 Å². The molecule has 1 N–H and O–H groups in total. The molecule has 0 aliphatic heterocycles. The summed E-state index contributed by atoms with van der Waals surface area (Å²) in [6, 6.07) is 16.2. The van der Waals surface area contributed by atoms with E-state index in [-0.39, 0.29) is 12.4 Å². The van der Waals surface area contributed by atoms with Crippen molar-refractivity contribution in [2.75, 3.05) is 13.7 Å². The van der Waals surface area contributed by atoms with Crippen molar-refractivity contribution in [3.63, 3.8) is 0 Å². The zero-order valence-electron chi connectivity index (χ0n) is 19.3. The molecule has 0 saturated heterocycles. The Labute approximate surface area is 206 Å². The summed E-state index contributed by atoms with van der Waals surface area (Å²) in [4.78, 5) is 24.6. The Hall–Kier alpha value is -3.65. The monoisotopic (exact) mass is 524 g/mol. The minimum atomic E-state index is -0.503. The minimum absolute atomic E-state index is 0.163. The molecule has 3 aromatic rings. The number of esters is 1. The molecule has 0 aliphatic rings. The van der Waals surface area contributed by atoms with Gasteiger partial charge in [0, 0.05) is 0 Å². The summed E-state index contributed by atoms with van der Waals surface area (Å²) in [5, 5.41) is 3.97. The van der Waals surface area contributed by atoms with Crippen molar-refractivity contribution in [3.05, 3.63) is 86.9 Å². The Bertz CT molecular complexity index is 1200. The predicted octanol–water partition coefficient (Wildman–Crippen LogP) is 5.13. The van der Waals surface area contributed by atoms with Crippen LogP contribution in [0.3, 0.4) is 0 Å². The van der Waals surface area contributed by atoms with Crippen LogP contribution in [0.5, 0.6) is 17.2 Å². The van der Waals surface area contributed by atoms with Crippen molar-refractivity contribution < 1.29 is 23.8 Å². The van der Waals surface area contributed by atoms with E-state index in [4.69, 9.17) is 14.2 Å². The van der Waals surface area contributed by atoms with Gasteiger partial charge in [0.25, 0.3) is 5.91 Å².